The van der Waals surface area contributed by atoms with E-state index in [-0.39, 0.29) is 12.5 Å². The van der Waals surface area contributed by atoms with Crippen molar-refractivity contribution in [3.05, 3.63) is 0 Å². The lowest BCUT2D eigenvalue weighted by atomic mass is 9.99. The number of carboxylic acid groups (broad SMARTS) is 1. The third-order valence-corrected chi connectivity index (χ3v) is 5.83. The third-order valence-electron chi connectivity index (χ3n) is 3.86. The maximum atomic E-state index is 12.4. The predicted octanol–water partition coefficient (Wildman–Crippen LogP) is 0.370. The molecule has 0 radical (unpaired) electrons. The minimum absolute atomic E-state index is 0.106. The van der Waals surface area contributed by atoms with Gasteiger partial charge in [0.1, 0.15) is 0 Å². The molecule has 0 saturated carbocycles. The molecule has 104 valence electrons. The minimum Gasteiger partial charge on any atom is -0.481 e. The second-order valence-corrected chi connectivity index (χ2v) is 7.13. The topological polar surface area (TPSA) is 77.9 Å². The van der Waals surface area contributed by atoms with Gasteiger partial charge in [0.05, 0.1) is 5.92 Å². The Morgan fingerprint density at radius 2 is 1.72 bits per heavy atom. The van der Waals surface area contributed by atoms with Crippen molar-refractivity contribution in [2.75, 3.05) is 26.2 Å². The van der Waals surface area contributed by atoms with Gasteiger partial charge < -0.3 is 5.11 Å². The summed E-state index contributed by atoms with van der Waals surface area (Å²) in [7, 11) is -3.46. The second kappa shape index (κ2) is 5.14. The standard InChI is InChI=1S/C11H20N2O4S/c1-9-7-13(8-10(9)11(14)15)18(16,17)12-5-3-2-4-6-12/h9-10H,2-8H2,1H3,(H,14,15)/t9-,10-/m1/s1. The van der Waals surface area contributed by atoms with Crippen molar-refractivity contribution < 1.29 is 18.3 Å². The van der Waals surface area contributed by atoms with Gasteiger partial charge in [-0.05, 0) is 18.8 Å². The summed E-state index contributed by atoms with van der Waals surface area (Å²) in [5, 5.41) is 9.04. The zero-order valence-corrected chi connectivity index (χ0v) is 11.4. The average Bonchev–Trinajstić information content (AvgIpc) is 2.73. The summed E-state index contributed by atoms with van der Waals surface area (Å²) in [5.41, 5.74) is 0. The molecule has 2 heterocycles. The molecule has 0 unspecified atom stereocenters. The van der Waals surface area contributed by atoms with E-state index in [9.17, 15) is 13.2 Å². The molecule has 0 aromatic rings. The van der Waals surface area contributed by atoms with E-state index in [0.717, 1.165) is 19.3 Å². The predicted molar refractivity (Wildman–Crippen MR) is 66.2 cm³/mol. The van der Waals surface area contributed by atoms with Crippen molar-refractivity contribution in [2.24, 2.45) is 11.8 Å². The molecule has 0 aliphatic carbocycles. The highest BCUT2D eigenvalue weighted by Gasteiger charge is 2.42. The first-order valence-corrected chi connectivity index (χ1v) is 7.80. The van der Waals surface area contributed by atoms with Crippen molar-refractivity contribution in [1.29, 1.82) is 0 Å². The largest absolute Gasteiger partial charge is 0.481 e. The highest BCUT2D eigenvalue weighted by Crippen LogP contribution is 2.28. The minimum atomic E-state index is -3.46. The lowest BCUT2D eigenvalue weighted by Crippen LogP contribution is -2.45. The number of carboxylic acids is 1. The van der Waals surface area contributed by atoms with Crippen LogP contribution in [0.1, 0.15) is 26.2 Å². The quantitative estimate of drug-likeness (QED) is 0.808. The van der Waals surface area contributed by atoms with Crippen LogP contribution in [-0.2, 0) is 15.0 Å². The van der Waals surface area contributed by atoms with Crippen LogP contribution in [0.15, 0.2) is 0 Å². The Morgan fingerprint density at radius 3 is 2.22 bits per heavy atom. The SMILES string of the molecule is C[C@@H]1CN(S(=O)(=O)N2CCCCC2)C[C@H]1C(=O)O. The molecule has 0 aromatic carbocycles. The first-order chi connectivity index (χ1) is 8.43. The number of nitrogens with zero attached hydrogens (tertiary/aromatic N) is 2. The number of hydrogen-bond acceptors (Lipinski definition) is 3. The second-order valence-electron chi connectivity index (χ2n) is 5.21. The summed E-state index contributed by atoms with van der Waals surface area (Å²) in [6.07, 6.45) is 2.86. The van der Waals surface area contributed by atoms with Crippen LogP contribution in [-0.4, -0.2) is 54.3 Å². The smallest absolute Gasteiger partial charge is 0.308 e. The Kier molecular flexibility index (Phi) is 3.93. The Hall–Kier alpha value is -0.660. The molecular weight excluding hydrogens is 256 g/mol. The van der Waals surface area contributed by atoms with Gasteiger partial charge in [0, 0.05) is 26.2 Å². The Labute approximate surface area is 108 Å². The number of piperidine rings is 1. The van der Waals surface area contributed by atoms with Gasteiger partial charge in [0.25, 0.3) is 10.2 Å². The van der Waals surface area contributed by atoms with Crippen LogP contribution >= 0.6 is 0 Å². The van der Waals surface area contributed by atoms with E-state index in [0.29, 0.717) is 19.6 Å². The van der Waals surface area contributed by atoms with Gasteiger partial charge >= 0.3 is 5.97 Å². The summed E-state index contributed by atoms with van der Waals surface area (Å²) in [6.45, 7) is 3.34. The maximum absolute atomic E-state index is 12.4. The van der Waals surface area contributed by atoms with E-state index in [1.165, 1.54) is 8.61 Å². The lowest BCUT2D eigenvalue weighted by molar-refractivity contribution is -0.142. The van der Waals surface area contributed by atoms with Crippen molar-refractivity contribution in [2.45, 2.75) is 26.2 Å². The zero-order chi connectivity index (χ0) is 13.3. The van der Waals surface area contributed by atoms with Crippen LogP contribution in [0, 0.1) is 11.8 Å². The first kappa shape index (κ1) is 13.8. The van der Waals surface area contributed by atoms with Gasteiger partial charge in [0.15, 0.2) is 0 Å². The molecule has 0 bridgehead atoms. The summed E-state index contributed by atoms with van der Waals surface area (Å²) < 4.78 is 27.5. The van der Waals surface area contributed by atoms with Crippen LogP contribution < -0.4 is 0 Å². The van der Waals surface area contributed by atoms with E-state index in [2.05, 4.69) is 0 Å². The fourth-order valence-electron chi connectivity index (χ4n) is 2.69. The molecule has 2 aliphatic heterocycles. The van der Waals surface area contributed by atoms with E-state index >= 15 is 0 Å². The molecule has 2 atom stereocenters. The van der Waals surface area contributed by atoms with E-state index < -0.39 is 22.1 Å². The zero-order valence-electron chi connectivity index (χ0n) is 10.6. The molecule has 7 heteroatoms. The van der Waals surface area contributed by atoms with Gasteiger partial charge in [-0.3, -0.25) is 4.79 Å². The van der Waals surface area contributed by atoms with Gasteiger partial charge in [-0.2, -0.15) is 17.0 Å². The Balaban J connectivity index is 2.09. The molecule has 2 saturated heterocycles. The molecule has 2 rings (SSSR count). The van der Waals surface area contributed by atoms with Gasteiger partial charge in [-0.1, -0.05) is 13.3 Å². The summed E-state index contributed by atoms with van der Waals surface area (Å²) in [6, 6.07) is 0. The number of carbonyl (C=O) groups is 1. The number of aliphatic carboxylic acids is 1. The molecule has 2 aliphatic rings. The fourth-order valence-corrected chi connectivity index (χ4v) is 4.51. The van der Waals surface area contributed by atoms with Crippen molar-refractivity contribution in [1.82, 2.24) is 8.61 Å². The number of hydrogen-bond donors (Lipinski definition) is 1. The monoisotopic (exact) mass is 276 g/mol. The van der Waals surface area contributed by atoms with Crippen molar-refractivity contribution in [3.8, 4) is 0 Å². The summed E-state index contributed by atoms with van der Waals surface area (Å²) in [5.74, 6) is -1.61. The third kappa shape index (κ3) is 2.53. The van der Waals surface area contributed by atoms with E-state index in [4.69, 9.17) is 5.11 Å². The van der Waals surface area contributed by atoms with E-state index in [1.54, 1.807) is 6.92 Å². The van der Waals surface area contributed by atoms with Crippen LogP contribution in [0.2, 0.25) is 0 Å². The Morgan fingerprint density at radius 1 is 1.11 bits per heavy atom. The van der Waals surface area contributed by atoms with Crippen LogP contribution in [0.5, 0.6) is 0 Å². The highest BCUT2D eigenvalue weighted by atomic mass is 32.2. The van der Waals surface area contributed by atoms with Crippen LogP contribution in [0.4, 0.5) is 0 Å². The first-order valence-electron chi connectivity index (χ1n) is 6.41. The fraction of sp³-hybridized carbons (Fsp3) is 0.909. The van der Waals surface area contributed by atoms with Crippen LogP contribution in [0.3, 0.4) is 0 Å². The van der Waals surface area contributed by atoms with Gasteiger partial charge in [-0.25, -0.2) is 0 Å². The Bertz CT molecular complexity index is 417. The molecular formula is C11H20N2O4S. The normalized spacial score (nSPS) is 31.6. The number of rotatable bonds is 3. The molecule has 1 N–H and O–H groups in total. The van der Waals surface area contributed by atoms with Crippen molar-refractivity contribution >= 4 is 16.2 Å². The summed E-state index contributed by atoms with van der Waals surface area (Å²) >= 11 is 0. The molecule has 6 nitrogen and oxygen atoms in total. The van der Waals surface area contributed by atoms with Crippen LogP contribution in [0.25, 0.3) is 0 Å². The van der Waals surface area contributed by atoms with Gasteiger partial charge in [0.2, 0.25) is 0 Å². The summed E-state index contributed by atoms with van der Waals surface area (Å²) in [4.78, 5) is 11.0. The molecule has 0 aromatic heterocycles. The molecule has 0 amide bonds. The molecule has 2 fully saturated rings. The molecule has 18 heavy (non-hydrogen) atoms. The van der Waals surface area contributed by atoms with Gasteiger partial charge in [-0.15, -0.1) is 0 Å². The maximum Gasteiger partial charge on any atom is 0.308 e. The average molecular weight is 276 g/mol. The van der Waals surface area contributed by atoms with E-state index in [1.807, 2.05) is 0 Å². The lowest BCUT2D eigenvalue weighted by Gasteiger charge is -2.30. The highest BCUT2D eigenvalue weighted by molar-refractivity contribution is 7.86. The molecule has 0 spiro atoms. The van der Waals surface area contributed by atoms with Crippen molar-refractivity contribution in [3.63, 3.8) is 0 Å².